The highest BCUT2D eigenvalue weighted by atomic mass is 35.5. The quantitative estimate of drug-likeness (QED) is 0.390. The molecular formula is C12H5Cl4NO2. The molecule has 98 valence electrons. The molecule has 2 aromatic rings. The molecule has 19 heavy (non-hydrogen) atoms. The minimum atomic E-state index is -0.553. The molecule has 0 bridgehead atoms. The summed E-state index contributed by atoms with van der Waals surface area (Å²) in [6.07, 6.45) is 0. The second kappa shape index (κ2) is 5.55. The van der Waals surface area contributed by atoms with E-state index < -0.39 is 4.92 Å². The number of benzene rings is 2. The van der Waals surface area contributed by atoms with Crippen molar-refractivity contribution >= 4 is 52.1 Å². The minimum Gasteiger partial charge on any atom is -0.258 e. The Kier molecular flexibility index (Phi) is 4.21. The fourth-order valence-corrected chi connectivity index (χ4v) is 2.47. The largest absolute Gasteiger partial charge is 0.287 e. The predicted molar refractivity (Wildman–Crippen MR) is 78.6 cm³/mol. The van der Waals surface area contributed by atoms with Crippen LogP contribution in [0, 0.1) is 10.1 Å². The SMILES string of the molecule is O=[N+]([O-])c1ccc(-c2ccc(Cl)c(Cl)c2Cl)cc1Cl. The second-order valence-electron chi connectivity index (χ2n) is 3.65. The van der Waals surface area contributed by atoms with Crippen LogP contribution in [-0.2, 0) is 0 Å². The van der Waals surface area contributed by atoms with Crippen LogP contribution in [0.15, 0.2) is 30.3 Å². The molecule has 0 aliphatic carbocycles. The van der Waals surface area contributed by atoms with Crippen LogP contribution < -0.4 is 0 Å². The zero-order valence-electron chi connectivity index (χ0n) is 9.16. The van der Waals surface area contributed by atoms with Crippen LogP contribution in [0.3, 0.4) is 0 Å². The Balaban J connectivity index is 2.58. The molecule has 0 aromatic heterocycles. The van der Waals surface area contributed by atoms with Gasteiger partial charge in [0.2, 0.25) is 0 Å². The molecule has 0 unspecified atom stereocenters. The van der Waals surface area contributed by atoms with Crippen molar-refractivity contribution < 1.29 is 4.92 Å². The number of nitrogens with zero attached hydrogens (tertiary/aromatic N) is 1. The number of nitro benzene ring substituents is 1. The summed E-state index contributed by atoms with van der Waals surface area (Å²) < 4.78 is 0. The zero-order valence-corrected chi connectivity index (χ0v) is 12.2. The molecule has 7 heteroatoms. The van der Waals surface area contributed by atoms with E-state index in [0.29, 0.717) is 16.1 Å². The summed E-state index contributed by atoms with van der Waals surface area (Å²) in [5.41, 5.74) is 1.06. The molecule has 0 saturated heterocycles. The van der Waals surface area contributed by atoms with Crippen LogP contribution >= 0.6 is 46.4 Å². The van der Waals surface area contributed by atoms with Crippen molar-refractivity contribution in [3.05, 3.63) is 60.5 Å². The molecule has 0 N–H and O–H groups in total. The lowest BCUT2D eigenvalue weighted by atomic mass is 10.1. The molecule has 3 nitrogen and oxygen atoms in total. The average Bonchev–Trinajstić information content (AvgIpc) is 2.35. The highest BCUT2D eigenvalue weighted by Gasteiger charge is 2.15. The van der Waals surface area contributed by atoms with Gasteiger partial charge in [0, 0.05) is 11.6 Å². The maximum atomic E-state index is 10.7. The Labute approximate surface area is 128 Å². The summed E-state index contributed by atoms with van der Waals surface area (Å²) in [6.45, 7) is 0. The van der Waals surface area contributed by atoms with Gasteiger partial charge >= 0.3 is 0 Å². The summed E-state index contributed by atoms with van der Waals surface area (Å²) in [7, 11) is 0. The molecule has 2 aromatic carbocycles. The van der Waals surface area contributed by atoms with Crippen LogP contribution in [0.1, 0.15) is 0 Å². The fourth-order valence-electron chi connectivity index (χ4n) is 1.57. The smallest absolute Gasteiger partial charge is 0.258 e. The Morgan fingerprint density at radius 3 is 2.16 bits per heavy atom. The first-order valence-electron chi connectivity index (χ1n) is 4.99. The molecule has 0 radical (unpaired) electrons. The number of hydrogen-bond acceptors (Lipinski definition) is 2. The van der Waals surface area contributed by atoms with Crippen molar-refractivity contribution in [1.29, 1.82) is 0 Å². The van der Waals surface area contributed by atoms with Crippen LogP contribution in [0.4, 0.5) is 5.69 Å². The summed E-state index contributed by atoms with van der Waals surface area (Å²) >= 11 is 23.7. The van der Waals surface area contributed by atoms with Gasteiger partial charge in [-0.25, -0.2) is 0 Å². The van der Waals surface area contributed by atoms with Gasteiger partial charge in [-0.05, 0) is 23.8 Å². The van der Waals surface area contributed by atoms with Gasteiger partial charge in [-0.3, -0.25) is 10.1 Å². The van der Waals surface area contributed by atoms with Crippen LogP contribution in [0.25, 0.3) is 11.1 Å². The van der Waals surface area contributed by atoms with Crippen LogP contribution in [0.2, 0.25) is 20.1 Å². The first-order chi connectivity index (χ1) is 8.91. The lowest BCUT2D eigenvalue weighted by Gasteiger charge is -2.08. The van der Waals surface area contributed by atoms with Gasteiger partial charge in [-0.2, -0.15) is 0 Å². The number of hydrogen-bond donors (Lipinski definition) is 0. The molecule has 0 fully saturated rings. The van der Waals surface area contributed by atoms with Gasteiger partial charge in [0.25, 0.3) is 5.69 Å². The Bertz CT molecular complexity index is 673. The summed E-state index contributed by atoms with van der Waals surface area (Å²) in [6, 6.07) is 7.60. The number of rotatable bonds is 2. The van der Waals surface area contributed by atoms with Crippen molar-refractivity contribution in [2.75, 3.05) is 0 Å². The number of nitro groups is 1. The van der Waals surface area contributed by atoms with Crippen LogP contribution in [-0.4, -0.2) is 4.92 Å². The normalized spacial score (nSPS) is 10.5. The molecule has 0 saturated carbocycles. The van der Waals surface area contributed by atoms with E-state index >= 15 is 0 Å². The third-order valence-corrected chi connectivity index (χ3v) is 4.09. The monoisotopic (exact) mass is 335 g/mol. The zero-order chi connectivity index (χ0) is 14.2. The van der Waals surface area contributed by atoms with Gasteiger partial charge in [0.1, 0.15) is 5.02 Å². The fraction of sp³-hybridized carbons (Fsp3) is 0. The first kappa shape index (κ1) is 14.4. The van der Waals surface area contributed by atoms with E-state index in [4.69, 9.17) is 46.4 Å². The van der Waals surface area contributed by atoms with E-state index in [0.717, 1.165) is 0 Å². The minimum absolute atomic E-state index is 0.0321. The molecule has 0 atom stereocenters. The van der Waals surface area contributed by atoms with E-state index in [2.05, 4.69) is 0 Å². The van der Waals surface area contributed by atoms with Gasteiger partial charge in [-0.15, -0.1) is 0 Å². The molecule has 0 amide bonds. The van der Waals surface area contributed by atoms with Crippen LogP contribution in [0.5, 0.6) is 0 Å². The molecule has 2 rings (SSSR count). The van der Waals surface area contributed by atoms with Gasteiger partial charge in [0.05, 0.1) is 20.0 Å². The van der Waals surface area contributed by atoms with Gasteiger partial charge in [0.15, 0.2) is 0 Å². The molecule has 0 aliphatic heterocycles. The van der Waals surface area contributed by atoms with Crippen molar-refractivity contribution in [1.82, 2.24) is 0 Å². The highest BCUT2D eigenvalue weighted by molar-refractivity contribution is 6.49. The molecular weight excluding hydrogens is 332 g/mol. The van der Waals surface area contributed by atoms with Crippen molar-refractivity contribution in [2.24, 2.45) is 0 Å². The van der Waals surface area contributed by atoms with E-state index in [1.54, 1.807) is 18.2 Å². The summed E-state index contributed by atoms with van der Waals surface area (Å²) in [5.74, 6) is 0. The van der Waals surface area contributed by atoms with Crippen molar-refractivity contribution in [3.63, 3.8) is 0 Å². The Morgan fingerprint density at radius 1 is 0.895 bits per heavy atom. The maximum absolute atomic E-state index is 10.7. The predicted octanol–water partition coefficient (Wildman–Crippen LogP) is 5.88. The third-order valence-electron chi connectivity index (χ3n) is 2.49. The second-order valence-corrected chi connectivity index (χ2v) is 5.22. The highest BCUT2D eigenvalue weighted by Crippen LogP contribution is 2.39. The first-order valence-corrected chi connectivity index (χ1v) is 6.51. The van der Waals surface area contributed by atoms with Crippen molar-refractivity contribution in [3.8, 4) is 11.1 Å². The van der Waals surface area contributed by atoms with E-state index in [1.807, 2.05) is 0 Å². The van der Waals surface area contributed by atoms with E-state index in [9.17, 15) is 10.1 Å². The Morgan fingerprint density at radius 2 is 1.58 bits per heavy atom. The maximum Gasteiger partial charge on any atom is 0.287 e. The van der Waals surface area contributed by atoms with Gasteiger partial charge in [-0.1, -0.05) is 52.5 Å². The summed E-state index contributed by atoms with van der Waals surface area (Å²) in [5, 5.41) is 11.6. The molecule has 0 heterocycles. The lowest BCUT2D eigenvalue weighted by Crippen LogP contribution is -1.90. The standard InChI is InChI=1S/C12H5Cl4NO2/c13-8-3-2-7(11(15)12(8)16)6-1-4-10(17(18)19)9(14)5-6/h1-5H. The topological polar surface area (TPSA) is 43.1 Å². The summed E-state index contributed by atoms with van der Waals surface area (Å²) in [4.78, 5) is 10.1. The molecule has 0 spiro atoms. The third kappa shape index (κ3) is 2.79. The lowest BCUT2D eigenvalue weighted by molar-refractivity contribution is -0.384. The van der Waals surface area contributed by atoms with E-state index in [1.165, 1.54) is 12.1 Å². The van der Waals surface area contributed by atoms with Gasteiger partial charge < -0.3 is 0 Å². The molecule has 0 aliphatic rings. The van der Waals surface area contributed by atoms with Crippen molar-refractivity contribution in [2.45, 2.75) is 0 Å². The Hall–Kier alpha value is -1.000. The number of halogens is 4. The average molecular weight is 337 g/mol. The van der Waals surface area contributed by atoms with E-state index in [-0.39, 0.29) is 20.8 Å².